The highest BCUT2D eigenvalue weighted by molar-refractivity contribution is 7.22. The van der Waals surface area contributed by atoms with Gasteiger partial charge in [0.25, 0.3) is 11.6 Å². The van der Waals surface area contributed by atoms with Crippen molar-refractivity contribution in [2.24, 2.45) is 0 Å². The molecule has 0 N–H and O–H groups in total. The third kappa shape index (κ3) is 5.03. The number of hydrogen-bond donors (Lipinski definition) is 0. The van der Waals surface area contributed by atoms with E-state index in [-0.39, 0.29) is 17.4 Å². The van der Waals surface area contributed by atoms with Gasteiger partial charge in [-0.2, -0.15) is 0 Å². The Morgan fingerprint density at radius 1 is 1.28 bits per heavy atom. The van der Waals surface area contributed by atoms with Gasteiger partial charge in [-0.15, -0.1) is 0 Å². The zero-order valence-electron chi connectivity index (χ0n) is 16.8. The molecule has 32 heavy (non-hydrogen) atoms. The Hall–Kier alpha value is -3.92. The number of hydrogen-bond acceptors (Lipinski definition) is 6. The van der Waals surface area contributed by atoms with E-state index in [1.54, 1.807) is 30.7 Å². The number of nitro groups is 1. The molecule has 8 nitrogen and oxygen atoms in total. The molecule has 0 spiro atoms. The minimum atomic E-state index is -0.484. The zero-order chi connectivity index (χ0) is 22.5. The fourth-order valence-corrected chi connectivity index (χ4v) is 4.15. The van der Waals surface area contributed by atoms with Crippen LogP contribution in [-0.4, -0.2) is 31.9 Å². The van der Waals surface area contributed by atoms with E-state index < -0.39 is 4.92 Å². The number of halogens is 1. The maximum absolute atomic E-state index is 13.6. The number of anilines is 1. The van der Waals surface area contributed by atoms with E-state index in [0.717, 1.165) is 0 Å². The summed E-state index contributed by atoms with van der Waals surface area (Å²) < 4.78 is 16.2. The molecule has 1 amide bonds. The van der Waals surface area contributed by atoms with Gasteiger partial charge < -0.3 is 4.57 Å². The lowest BCUT2D eigenvalue weighted by molar-refractivity contribution is -0.384. The summed E-state index contributed by atoms with van der Waals surface area (Å²) in [4.78, 5) is 33.6. The van der Waals surface area contributed by atoms with Crippen molar-refractivity contribution in [1.29, 1.82) is 0 Å². The first-order chi connectivity index (χ1) is 15.5. The number of fused-ring (bicyclic) bond motifs is 1. The Morgan fingerprint density at radius 3 is 2.94 bits per heavy atom. The maximum atomic E-state index is 13.6. The van der Waals surface area contributed by atoms with E-state index in [2.05, 4.69) is 9.97 Å². The summed E-state index contributed by atoms with van der Waals surface area (Å²) in [7, 11) is 0. The number of rotatable bonds is 8. The summed E-state index contributed by atoms with van der Waals surface area (Å²) in [5, 5.41) is 11.4. The Balaban J connectivity index is 1.57. The standard InChI is InChI=1S/C22H18FN5O3S/c23-17-6-7-19-20(14-17)32-22(25-19)27(11-2-10-26-12-9-24-15-26)21(29)8-5-16-3-1-4-18(13-16)28(30)31/h1,3-9,12-15H,2,10-11H2/b8-5+. The van der Waals surface area contributed by atoms with Crippen LogP contribution < -0.4 is 4.90 Å². The molecule has 0 aliphatic carbocycles. The average molecular weight is 451 g/mol. The maximum Gasteiger partial charge on any atom is 0.270 e. The number of aromatic nitrogens is 3. The lowest BCUT2D eigenvalue weighted by Gasteiger charge is -2.18. The first kappa shape index (κ1) is 21.3. The van der Waals surface area contributed by atoms with E-state index in [0.29, 0.717) is 40.4 Å². The van der Waals surface area contributed by atoms with Crippen LogP contribution in [0.25, 0.3) is 16.3 Å². The number of nitrogens with zero attached hydrogens (tertiary/aromatic N) is 5. The Kier molecular flexibility index (Phi) is 6.31. The number of amides is 1. The molecule has 0 radical (unpaired) electrons. The smallest absolute Gasteiger partial charge is 0.270 e. The number of carbonyl (C=O) groups is 1. The quantitative estimate of drug-likeness (QED) is 0.220. The lowest BCUT2D eigenvalue weighted by atomic mass is 10.2. The van der Waals surface area contributed by atoms with Gasteiger partial charge >= 0.3 is 0 Å². The zero-order valence-corrected chi connectivity index (χ0v) is 17.6. The molecule has 2 aromatic heterocycles. The summed E-state index contributed by atoms with van der Waals surface area (Å²) in [5.41, 5.74) is 1.10. The van der Waals surface area contributed by atoms with Gasteiger partial charge in [0.05, 0.1) is 21.5 Å². The number of imidazole rings is 1. The highest BCUT2D eigenvalue weighted by Crippen LogP contribution is 2.30. The third-order valence-corrected chi connectivity index (χ3v) is 5.73. The van der Waals surface area contributed by atoms with Crippen LogP contribution in [0.5, 0.6) is 0 Å². The molecule has 0 atom stereocenters. The minimum absolute atomic E-state index is 0.0509. The first-order valence-electron chi connectivity index (χ1n) is 9.75. The van der Waals surface area contributed by atoms with E-state index in [1.165, 1.54) is 52.7 Å². The number of non-ortho nitro benzene ring substituents is 1. The fourth-order valence-electron chi connectivity index (χ4n) is 3.13. The molecule has 0 unspecified atom stereocenters. The summed E-state index contributed by atoms with van der Waals surface area (Å²) >= 11 is 1.24. The minimum Gasteiger partial charge on any atom is -0.337 e. The normalized spacial score (nSPS) is 11.3. The van der Waals surface area contributed by atoms with Gasteiger partial charge in [-0.05, 0) is 36.3 Å². The van der Waals surface area contributed by atoms with Crippen molar-refractivity contribution in [3.05, 3.63) is 88.8 Å². The molecule has 0 bridgehead atoms. The van der Waals surface area contributed by atoms with Crippen LogP contribution >= 0.6 is 11.3 Å². The Labute approximate surface area is 186 Å². The van der Waals surface area contributed by atoms with Crippen LogP contribution in [0, 0.1) is 15.9 Å². The molecule has 0 aliphatic rings. The molecular formula is C22H18FN5O3S. The second-order valence-electron chi connectivity index (χ2n) is 6.94. The van der Waals surface area contributed by atoms with Crippen molar-refractivity contribution >= 4 is 44.4 Å². The monoisotopic (exact) mass is 451 g/mol. The molecule has 4 rings (SSSR count). The van der Waals surface area contributed by atoms with Crippen LogP contribution in [0.15, 0.2) is 67.3 Å². The predicted molar refractivity (Wildman–Crippen MR) is 121 cm³/mol. The van der Waals surface area contributed by atoms with Gasteiger partial charge in [-0.25, -0.2) is 14.4 Å². The summed E-state index contributed by atoms with van der Waals surface area (Å²) in [6.45, 7) is 1.05. The lowest BCUT2D eigenvalue weighted by Crippen LogP contribution is -2.30. The van der Waals surface area contributed by atoms with Crippen LogP contribution in [0.4, 0.5) is 15.2 Å². The molecule has 0 saturated heterocycles. The van der Waals surface area contributed by atoms with Crippen molar-refractivity contribution in [3.8, 4) is 0 Å². The molecule has 10 heteroatoms. The molecule has 4 aromatic rings. The van der Waals surface area contributed by atoms with Gasteiger partial charge in [-0.1, -0.05) is 23.5 Å². The van der Waals surface area contributed by atoms with Crippen molar-refractivity contribution in [2.75, 3.05) is 11.4 Å². The van der Waals surface area contributed by atoms with Crippen LogP contribution in [-0.2, 0) is 11.3 Å². The predicted octanol–water partition coefficient (Wildman–Crippen LogP) is 4.68. The largest absolute Gasteiger partial charge is 0.337 e. The highest BCUT2D eigenvalue weighted by Gasteiger charge is 2.18. The molecule has 0 aliphatic heterocycles. The molecule has 162 valence electrons. The Bertz CT molecular complexity index is 1290. The number of thiazole rings is 1. The topological polar surface area (TPSA) is 94.2 Å². The van der Waals surface area contributed by atoms with E-state index in [4.69, 9.17) is 0 Å². The third-order valence-electron chi connectivity index (χ3n) is 4.69. The summed E-state index contributed by atoms with van der Waals surface area (Å²) in [6, 6.07) is 10.3. The van der Waals surface area contributed by atoms with Gasteiger partial charge in [0, 0.05) is 43.7 Å². The van der Waals surface area contributed by atoms with Crippen LogP contribution in [0.2, 0.25) is 0 Å². The molecule has 0 fully saturated rings. The van der Waals surface area contributed by atoms with Crippen molar-refractivity contribution in [2.45, 2.75) is 13.0 Å². The molecular weight excluding hydrogens is 433 g/mol. The van der Waals surface area contributed by atoms with Gasteiger partial charge in [0.1, 0.15) is 5.82 Å². The number of benzene rings is 2. The molecule has 0 saturated carbocycles. The van der Waals surface area contributed by atoms with Crippen LogP contribution in [0.1, 0.15) is 12.0 Å². The average Bonchev–Trinajstić information content (AvgIpc) is 3.44. The van der Waals surface area contributed by atoms with Gasteiger partial charge in [-0.3, -0.25) is 19.8 Å². The fraction of sp³-hybridized carbons (Fsp3) is 0.136. The second-order valence-corrected chi connectivity index (χ2v) is 7.95. The van der Waals surface area contributed by atoms with E-state index >= 15 is 0 Å². The van der Waals surface area contributed by atoms with Crippen molar-refractivity contribution < 1.29 is 14.1 Å². The van der Waals surface area contributed by atoms with E-state index in [1.807, 2.05) is 10.8 Å². The van der Waals surface area contributed by atoms with Crippen LogP contribution in [0.3, 0.4) is 0 Å². The highest BCUT2D eigenvalue weighted by atomic mass is 32.1. The molecule has 2 heterocycles. The molecule has 2 aromatic carbocycles. The second kappa shape index (κ2) is 9.48. The number of carbonyl (C=O) groups excluding carboxylic acids is 1. The van der Waals surface area contributed by atoms with Gasteiger partial charge in [0.15, 0.2) is 5.13 Å². The first-order valence-corrected chi connectivity index (χ1v) is 10.6. The summed E-state index contributed by atoms with van der Waals surface area (Å²) in [5.74, 6) is -0.682. The van der Waals surface area contributed by atoms with Crippen molar-refractivity contribution in [3.63, 3.8) is 0 Å². The number of aryl methyl sites for hydroxylation is 1. The van der Waals surface area contributed by atoms with Crippen molar-refractivity contribution in [1.82, 2.24) is 14.5 Å². The van der Waals surface area contributed by atoms with Gasteiger partial charge in [0.2, 0.25) is 0 Å². The Morgan fingerprint density at radius 2 is 2.16 bits per heavy atom. The summed E-state index contributed by atoms with van der Waals surface area (Å²) in [6.07, 6.45) is 8.78. The SMILES string of the molecule is O=C(/C=C/c1cccc([N+](=O)[O-])c1)N(CCCn1ccnc1)c1nc2ccc(F)cc2s1. The number of nitro benzene ring substituents is 1. The van der Waals surface area contributed by atoms with E-state index in [9.17, 15) is 19.3 Å².